The van der Waals surface area contributed by atoms with E-state index in [0.717, 1.165) is 32.5 Å². The number of pyridine rings is 1. The van der Waals surface area contributed by atoms with Crippen LogP contribution in [0.3, 0.4) is 0 Å². The first-order valence-corrected chi connectivity index (χ1v) is 14.0. The van der Waals surface area contributed by atoms with Gasteiger partial charge in [0.05, 0.1) is 18.8 Å². The summed E-state index contributed by atoms with van der Waals surface area (Å²) in [4.78, 5) is 56.6. The lowest BCUT2D eigenvalue weighted by Crippen LogP contribution is -2.43. The lowest BCUT2D eigenvalue weighted by Gasteiger charge is -2.19. The highest BCUT2D eigenvalue weighted by Crippen LogP contribution is 2.57. The predicted octanol–water partition coefficient (Wildman–Crippen LogP) is -0.0342. The Morgan fingerprint density at radius 3 is 2.29 bits per heavy atom. The fourth-order valence-electron chi connectivity index (χ4n) is 3.77. The summed E-state index contributed by atoms with van der Waals surface area (Å²) < 4.78 is 37.6. The van der Waals surface area contributed by atoms with Crippen LogP contribution in [0.5, 0.6) is 0 Å². The quantitative estimate of drug-likeness (QED) is 0.213. The summed E-state index contributed by atoms with van der Waals surface area (Å²) in [5, 5.41) is 20.7. The minimum atomic E-state index is -5.37. The molecule has 1 aromatic carbocycles. The van der Waals surface area contributed by atoms with Crippen LogP contribution in [0.4, 0.5) is 0 Å². The van der Waals surface area contributed by atoms with Crippen LogP contribution in [0.15, 0.2) is 70.5 Å². The number of rotatable bonds is 9. The summed E-state index contributed by atoms with van der Waals surface area (Å²) in [5.74, 6) is 0. The second-order valence-corrected chi connectivity index (χ2v) is 11.0. The molecule has 0 bridgehead atoms. The van der Waals surface area contributed by atoms with E-state index in [1.165, 1.54) is 0 Å². The molecule has 0 amide bonds. The van der Waals surface area contributed by atoms with Gasteiger partial charge in [0.1, 0.15) is 18.3 Å². The topological polar surface area (TPSA) is 220 Å². The van der Waals surface area contributed by atoms with Gasteiger partial charge in [0, 0.05) is 24.0 Å². The molecule has 3 aromatic rings. The zero-order valence-corrected chi connectivity index (χ0v) is 21.1. The highest BCUT2D eigenvalue weighted by atomic mass is 31.3. The minimum absolute atomic E-state index is 0.209. The number of ether oxygens (including phenoxy) is 1. The number of phosphoric ester groups is 1. The molecule has 17 heteroatoms. The van der Waals surface area contributed by atoms with Crippen LogP contribution in [0.25, 0.3) is 11.1 Å². The Morgan fingerprint density at radius 1 is 0.947 bits per heavy atom. The van der Waals surface area contributed by atoms with E-state index in [9.17, 15) is 33.8 Å². The standard InChI is InChI=1S/C21H23N3O12P2/c25-17-8-9-23(20-19(27)18(26)16(35-20)12-34-38(32,33)36-37(29,30)31)21(28)24(17)11-15-7-6-14(10-22-15)13-4-2-1-3-5-13/h1-10,16,18-20,26-27H,11-12H2,(H,32,33)(H2,29,30,31)/t16-,18?,19?,20-/m1/s1. The Labute approximate surface area is 214 Å². The highest BCUT2D eigenvalue weighted by molar-refractivity contribution is 7.60. The molecular formula is C21H23N3O12P2. The molecule has 204 valence electrons. The van der Waals surface area contributed by atoms with Gasteiger partial charge in [0.2, 0.25) is 0 Å². The van der Waals surface area contributed by atoms with Gasteiger partial charge in [-0.05, 0) is 11.6 Å². The maximum Gasteiger partial charge on any atom is 0.481 e. The molecule has 5 atom stereocenters. The monoisotopic (exact) mass is 571 g/mol. The summed E-state index contributed by atoms with van der Waals surface area (Å²) >= 11 is 0. The Morgan fingerprint density at radius 2 is 1.66 bits per heavy atom. The normalized spacial score (nSPS) is 23.3. The number of hydrogen-bond acceptors (Lipinski definition) is 10. The van der Waals surface area contributed by atoms with E-state index in [0.29, 0.717) is 5.69 Å². The first kappa shape index (κ1) is 28.2. The van der Waals surface area contributed by atoms with E-state index < -0.39 is 58.0 Å². The number of aliphatic hydroxyl groups is 2. The van der Waals surface area contributed by atoms with Gasteiger partial charge in [-0.3, -0.25) is 23.4 Å². The third-order valence-electron chi connectivity index (χ3n) is 5.57. The van der Waals surface area contributed by atoms with Gasteiger partial charge >= 0.3 is 21.3 Å². The van der Waals surface area contributed by atoms with E-state index >= 15 is 0 Å². The molecule has 1 fully saturated rings. The summed E-state index contributed by atoms with van der Waals surface area (Å²) in [6.45, 7) is -1.15. The SMILES string of the molecule is O=c1ccn([C@@H]2O[C@H](COP(=O)(O)OP(=O)(O)O)C(O)C2O)c(=O)n1Cc1ccc(-c2ccccc2)cn1. The van der Waals surface area contributed by atoms with Crippen molar-refractivity contribution in [1.82, 2.24) is 14.1 Å². The predicted molar refractivity (Wildman–Crippen MR) is 129 cm³/mol. The second kappa shape index (κ2) is 11.1. The number of nitrogens with zero attached hydrogens (tertiary/aromatic N) is 3. The third-order valence-corrected chi connectivity index (χ3v) is 7.72. The van der Waals surface area contributed by atoms with Crippen LogP contribution in [-0.2, 0) is 29.2 Å². The van der Waals surface area contributed by atoms with Crippen LogP contribution in [0.1, 0.15) is 11.9 Å². The summed E-state index contributed by atoms with van der Waals surface area (Å²) in [6, 6.07) is 13.9. The molecule has 0 spiro atoms. The summed E-state index contributed by atoms with van der Waals surface area (Å²) in [6.07, 6.45) is -3.88. The molecule has 1 saturated heterocycles. The fraction of sp³-hybridized carbons (Fsp3) is 0.286. The molecule has 4 rings (SSSR count). The Kier molecular flexibility index (Phi) is 8.26. The molecule has 3 unspecified atom stereocenters. The number of hydrogen-bond donors (Lipinski definition) is 5. The van der Waals surface area contributed by atoms with Crippen LogP contribution in [0, 0.1) is 0 Å². The lowest BCUT2D eigenvalue weighted by atomic mass is 10.1. The number of aliphatic hydroxyl groups excluding tert-OH is 2. The van der Waals surface area contributed by atoms with E-state index in [-0.39, 0.29) is 6.54 Å². The Balaban J connectivity index is 1.51. The van der Waals surface area contributed by atoms with Gasteiger partial charge in [-0.2, -0.15) is 4.31 Å². The molecule has 0 saturated carbocycles. The molecule has 38 heavy (non-hydrogen) atoms. The van der Waals surface area contributed by atoms with Crippen LogP contribution in [-0.4, -0.2) is 63.9 Å². The van der Waals surface area contributed by atoms with Crippen molar-refractivity contribution in [2.45, 2.75) is 31.1 Å². The van der Waals surface area contributed by atoms with Gasteiger partial charge in [-0.15, -0.1) is 0 Å². The molecular weight excluding hydrogens is 548 g/mol. The average Bonchev–Trinajstić information content (AvgIpc) is 3.13. The lowest BCUT2D eigenvalue weighted by molar-refractivity contribution is -0.0547. The minimum Gasteiger partial charge on any atom is -0.387 e. The van der Waals surface area contributed by atoms with Crippen molar-refractivity contribution in [2.24, 2.45) is 0 Å². The van der Waals surface area contributed by atoms with Gasteiger partial charge in [0.15, 0.2) is 6.23 Å². The maximum absolute atomic E-state index is 13.1. The second-order valence-electron chi connectivity index (χ2n) is 8.22. The van der Waals surface area contributed by atoms with Crippen molar-refractivity contribution < 1.29 is 47.6 Å². The molecule has 1 aliphatic rings. The zero-order chi connectivity index (χ0) is 27.7. The number of phosphoric acid groups is 2. The van der Waals surface area contributed by atoms with E-state index in [2.05, 4.69) is 13.8 Å². The Hall–Kier alpha value is -2.81. The van der Waals surface area contributed by atoms with Gasteiger partial charge in [-0.1, -0.05) is 36.4 Å². The summed E-state index contributed by atoms with van der Waals surface area (Å²) in [5.41, 5.74) is 0.590. The molecule has 0 radical (unpaired) electrons. The fourth-order valence-corrected chi connectivity index (χ4v) is 5.37. The zero-order valence-electron chi connectivity index (χ0n) is 19.3. The van der Waals surface area contributed by atoms with Crippen molar-refractivity contribution in [1.29, 1.82) is 0 Å². The average molecular weight is 571 g/mol. The van der Waals surface area contributed by atoms with Gasteiger partial charge in [0.25, 0.3) is 5.56 Å². The van der Waals surface area contributed by atoms with Crippen molar-refractivity contribution >= 4 is 15.6 Å². The van der Waals surface area contributed by atoms with E-state index in [1.807, 2.05) is 30.3 Å². The third kappa shape index (κ3) is 6.60. The van der Waals surface area contributed by atoms with Crippen LogP contribution < -0.4 is 11.2 Å². The van der Waals surface area contributed by atoms with Crippen molar-refractivity contribution in [3.05, 3.63) is 87.5 Å². The number of benzene rings is 1. The number of aromatic nitrogens is 3. The molecule has 1 aliphatic heterocycles. The van der Waals surface area contributed by atoms with Crippen LogP contribution >= 0.6 is 15.6 Å². The Bertz CT molecular complexity index is 1490. The molecule has 5 N–H and O–H groups in total. The first-order chi connectivity index (χ1) is 17.8. The van der Waals surface area contributed by atoms with Crippen molar-refractivity contribution in [3.63, 3.8) is 0 Å². The van der Waals surface area contributed by atoms with Crippen molar-refractivity contribution in [2.75, 3.05) is 6.61 Å². The van der Waals surface area contributed by atoms with E-state index in [4.69, 9.17) is 14.5 Å². The molecule has 15 nitrogen and oxygen atoms in total. The summed E-state index contributed by atoms with van der Waals surface area (Å²) in [7, 11) is -10.6. The van der Waals surface area contributed by atoms with Crippen LogP contribution in [0.2, 0.25) is 0 Å². The highest BCUT2D eigenvalue weighted by Gasteiger charge is 2.46. The smallest absolute Gasteiger partial charge is 0.387 e. The van der Waals surface area contributed by atoms with Crippen molar-refractivity contribution in [3.8, 4) is 11.1 Å². The van der Waals surface area contributed by atoms with Gasteiger partial charge in [-0.25, -0.2) is 13.9 Å². The first-order valence-electron chi connectivity index (χ1n) is 10.9. The van der Waals surface area contributed by atoms with Gasteiger partial charge < -0.3 is 29.6 Å². The largest absolute Gasteiger partial charge is 0.481 e. The maximum atomic E-state index is 13.1. The van der Waals surface area contributed by atoms with E-state index in [1.54, 1.807) is 18.3 Å². The molecule has 2 aromatic heterocycles. The molecule has 0 aliphatic carbocycles. The molecule has 3 heterocycles.